The predicted molar refractivity (Wildman–Crippen MR) is 74.4 cm³/mol. The molecule has 1 atom stereocenters. The molecule has 2 heteroatoms. The van der Waals surface area contributed by atoms with Crippen molar-refractivity contribution in [3.05, 3.63) is 65.2 Å². The van der Waals surface area contributed by atoms with Crippen molar-refractivity contribution in [3.8, 4) is 5.75 Å². The fourth-order valence-corrected chi connectivity index (χ4v) is 2.63. The van der Waals surface area contributed by atoms with Crippen molar-refractivity contribution in [1.82, 2.24) is 0 Å². The molecule has 0 saturated heterocycles. The highest BCUT2D eigenvalue weighted by Gasteiger charge is 2.15. The second kappa shape index (κ2) is 5.03. The zero-order valence-electron chi connectivity index (χ0n) is 10.1. The lowest BCUT2D eigenvalue weighted by Gasteiger charge is -2.19. The number of aryl methyl sites for hydroxylation is 1. The van der Waals surface area contributed by atoms with Crippen LogP contribution in [0.25, 0.3) is 0 Å². The number of alkyl halides is 1. The average molecular weight is 259 g/mol. The number of benzene rings is 2. The smallest absolute Gasteiger partial charge is 0.122 e. The second-order valence-electron chi connectivity index (χ2n) is 4.59. The van der Waals surface area contributed by atoms with E-state index in [2.05, 4.69) is 24.3 Å². The molecule has 1 aliphatic heterocycles. The van der Waals surface area contributed by atoms with Gasteiger partial charge in [-0.1, -0.05) is 42.5 Å². The summed E-state index contributed by atoms with van der Waals surface area (Å²) in [6.45, 7) is 0.829. The first kappa shape index (κ1) is 11.6. The van der Waals surface area contributed by atoms with Gasteiger partial charge in [-0.25, -0.2) is 0 Å². The standard InChI is InChI=1S/C16H15ClO/c17-16(12-5-2-1-3-6-12)14-8-9-15-13(11-14)7-4-10-18-15/h1-3,5-6,8-9,11,16H,4,7,10H2. The highest BCUT2D eigenvalue weighted by atomic mass is 35.5. The Kier molecular flexibility index (Phi) is 3.24. The van der Waals surface area contributed by atoms with Crippen LogP contribution in [0.3, 0.4) is 0 Å². The summed E-state index contributed by atoms with van der Waals surface area (Å²) < 4.78 is 5.62. The molecule has 0 N–H and O–H groups in total. The molecule has 0 bridgehead atoms. The fourth-order valence-electron chi connectivity index (χ4n) is 2.35. The van der Waals surface area contributed by atoms with E-state index in [9.17, 15) is 0 Å². The van der Waals surface area contributed by atoms with Crippen molar-refractivity contribution in [2.45, 2.75) is 18.2 Å². The zero-order chi connectivity index (χ0) is 12.4. The lowest BCUT2D eigenvalue weighted by atomic mass is 9.99. The molecule has 0 aromatic heterocycles. The maximum Gasteiger partial charge on any atom is 0.122 e. The minimum atomic E-state index is -0.0848. The number of fused-ring (bicyclic) bond motifs is 1. The maximum atomic E-state index is 6.53. The molecule has 1 aliphatic rings. The van der Waals surface area contributed by atoms with Crippen LogP contribution in [0.1, 0.15) is 28.5 Å². The Morgan fingerprint density at radius 2 is 1.83 bits per heavy atom. The summed E-state index contributed by atoms with van der Waals surface area (Å²) >= 11 is 6.53. The molecule has 18 heavy (non-hydrogen) atoms. The topological polar surface area (TPSA) is 9.23 Å². The van der Waals surface area contributed by atoms with Crippen LogP contribution in [0.4, 0.5) is 0 Å². The molecule has 1 unspecified atom stereocenters. The third kappa shape index (κ3) is 2.23. The molecule has 0 fully saturated rings. The lowest BCUT2D eigenvalue weighted by Crippen LogP contribution is -2.08. The highest BCUT2D eigenvalue weighted by molar-refractivity contribution is 6.22. The molecule has 0 aliphatic carbocycles. The van der Waals surface area contributed by atoms with Crippen LogP contribution in [0.15, 0.2) is 48.5 Å². The van der Waals surface area contributed by atoms with Crippen molar-refractivity contribution in [1.29, 1.82) is 0 Å². The van der Waals surface area contributed by atoms with Gasteiger partial charge < -0.3 is 4.74 Å². The normalized spacial score (nSPS) is 15.6. The number of halogens is 1. The minimum Gasteiger partial charge on any atom is -0.493 e. The molecule has 3 rings (SSSR count). The molecule has 0 amide bonds. The van der Waals surface area contributed by atoms with E-state index in [0.29, 0.717) is 0 Å². The first-order valence-electron chi connectivity index (χ1n) is 6.29. The fraction of sp³-hybridized carbons (Fsp3) is 0.250. The van der Waals surface area contributed by atoms with Gasteiger partial charge in [0.25, 0.3) is 0 Å². The Morgan fingerprint density at radius 1 is 1.00 bits per heavy atom. The van der Waals surface area contributed by atoms with Gasteiger partial charge in [-0.15, -0.1) is 11.6 Å². The number of ether oxygens (including phenoxy) is 1. The Bertz CT molecular complexity index is 536. The van der Waals surface area contributed by atoms with Crippen molar-refractivity contribution in [2.24, 2.45) is 0 Å². The Morgan fingerprint density at radius 3 is 2.67 bits per heavy atom. The van der Waals surface area contributed by atoms with Gasteiger partial charge in [0.05, 0.1) is 12.0 Å². The molecule has 0 saturated carbocycles. The molecule has 2 aromatic carbocycles. The van der Waals surface area contributed by atoms with E-state index in [1.54, 1.807) is 0 Å². The molecule has 2 aromatic rings. The summed E-state index contributed by atoms with van der Waals surface area (Å²) in [5.74, 6) is 1.02. The molecule has 0 spiro atoms. The van der Waals surface area contributed by atoms with Gasteiger partial charge in [-0.3, -0.25) is 0 Å². The summed E-state index contributed by atoms with van der Waals surface area (Å²) in [7, 11) is 0. The maximum absolute atomic E-state index is 6.53. The van der Waals surface area contributed by atoms with Gasteiger partial charge in [0.15, 0.2) is 0 Å². The third-order valence-electron chi connectivity index (χ3n) is 3.32. The van der Waals surface area contributed by atoms with Crippen LogP contribution in [-0.2, 0) is 6.42 Å². The number of hydrogen-bond donors (Lipinski definition) is 0. The zero-order valence-corrected chi connectivity index (χ0v) is 10.9. The largest absolute Gasteiger partial charge is 0.493 e. The van der Waals surface area contributed by atoms with Gasteiger partial charge >= 0.3 is 0 Å². The van der Waals surface area contributed by atoms with E-state index < -0.39 is 0 Å². The highest BCUT2D eigenvalue weighted by Crippen LogP contribution is 2.33. The Labute approximate surface area is 112 Å². The van der Waals surface area contributed by atoms with Crippen LogP contribution in [0.2, 0.25) is 0 Å². The molecule has 1 heterocycles. The molecular formula is C16H15ClO. The van der Waals surface area contributed by atoms with E-state index in [-0.39, 0.29) is 5.38 Å². The Balaban J connectivity index is 1.93. The van der Waals surface area contributed by atoms with Crippen molar-refractivity contribution in [2.75, 3.05) is 6.61 Å². The SMILES string of the molecule is ClC(c1ccccc1)c1ccc2c(c1)CCCO2. The molecular weight excluding hydrogens is 244 g/mol. The van der Waals surface area contributed by atoms with Crippen LogP contribution in [-0.4, -0.2) is 6.61 Å². The summed E-state index contributed by atoms with van der Waals surface area (Å²) in [5, 5.41) is -0.0848. The van der Waals surface area contributed by atoms with Gasteiger partial charge in [-0.05, 0) is 35.6 Å². The predicted octanol–water partition coefficient (Wildman–Crippen LogP) is 4.34. The third-order valence-corrected chi connectivity index (χ3v) is 3.82. The van der Waals surface area contributed by atoms with E-state index >= 15 is 0 Å². The Hall–Kier alpha value is -1.47. The number of rotatable bonds is 2. The monoisotopic (exact) mass is 258 g/mol. The van der Waals surface area contributed by atoms with Crippen LogP contribution >= 0.6 is 11.6 Å². The van der Waals surface area contributed by atoms with Gasteiger partial charge in [0.1, 0.15) is 5.75 Å². The first-order valence-corrected chi connectivity index (χ1v) is 6.73. The summed E-state index contributed by atoms with van der Waals surface area (Å²) in [4.78, 5) is 0. The van der Waals surface area contributed by atoms with Crippen molar-refractivity contribution < 1.29 is 4.74 Å². The second-order valence-corrected chi connectivity index (χ2v) is 5.03. The van der Waals surface area contributed by atoms with Gasteiger partial charge in [-0.2, -0.15) is 0 Å². The van der Waals surface area contributed by atoms with Gasteiger partial charge in [0, 0.05) is 0 Å². The first-order chi connectivity index (χ1) is 8.84. The molecule has 0 radical (unpaired) electrons. The summed E-state index contributed by atoms with van der Waals surface area (Å²) in [6, 6.07) is 16.5. The minimum absolute atomic E-state index is 0.0848. The summed E-state index contributed by atoms with van der Waals surface area (Å²) in [6.07, 6.45) is 2.18. The lowest BCUT2D eigenvalue weighted by molar-refractivity contribution is 0.288. The van der Waals surface area contributed by atoms with Crippen molar-refractivity contribution >= 4 is 11.6 Å². The van der Waals surface area contributed by atoms with Crippen LogP contribution < -0.4 is 4.74 Å². The number of hydrogen-bond acceptors (Lipinski definition) is 1. The van der Waals surface area contributed by atoms with Crippen molar-refractivity contribution in [3.63, 3.8) is 0 Å². The van der Waals surface area contributed by atoms with Gasteiger partial charge in [0.2, 0.25) is 0 Å². The van der Waals surface area contributed by atoms with E-state index in [1.165, 1.54) is 5.56 Å². The van der Waals surface area contributed by atoms with E-state index in [4.69, 9.17) is 16.3 Å². The summed E-state index contributed by atoms with van der Waals surface area (Å²) in [5.41, 5.74) is 3.56. The average Bonchev–Trinajstić information content (AvgIpc) is 2.47. The van der Waals surface area contributed by atoms with Crippen LogP contribution in [0.5, 0.6) is 5.75 Å². The van der Waals surface area contributed by atoms with E-state index in [0.717, 1.165) is 36.3 Å². The molecule has 92 valence electrons. The molecule has 1 nitrogen and oxygen atoms in total. The van der Waals surface area contributed by atoms with Crippen LogP contribution in [0, 0.1) is 0 Å². The quantitative estimate of drug-likeness (QED) is 0.728. The van der Waals surface area contributed by atoms with E-state index in [1.807, 2.05) is 24.3 Å².